The van der Waals surface area contributed by atoms with E-state index in [4.69, 9.17) is 4.74 Å². The quantitative estimate of drug-likeness (QED) is 0.327. The van der Waals surface area contributed by atoms with Gasteiger partial charge in [0, 0.05) is 17.7 Å². The SMILES string of the molecule is Cc1ccccc1CNC(=O)[C@@H]1[C@@H](C)OCN1C(=O)[C@@H](O)C(Cc1ccccc1)NC(=O)c1cccc(O)c1C. The number of nitrogens with zero attached hydrogens (tertiary/aromatic N) is 1. The molecule has 0 bridgehead atoms. The molecule has 9 nitrogen and oxygen atoms in total. The van der Waals surface area contributed by atoms with Crippen molar-refractivity contribution in [2.75, 3.05) is 6.73 Å². The maximum Gasteiger partial charge on any atom is 0.256 e. The Labute approximate surface area is 233 Å². The number of aromatic hydroxyl groups is 1. The molecule has 1 fully saturated rings. The van der Waals surface area contributed by atoms with E-state index in [9.17, 15) is 24.6 Å². The molecule has 4 rings (SSSR count). The van der Waals surface area contributed by atoms with Crippen molar-refractivity contribution in [2.45, 2.75) is 58.0 Å². The number of carbonyl (C=O) groups is 3. The smallest absolute Gasteiger partial charge is 0.256 e. The van der Waals surface area contributed by atoms with Crippen molar-refractivity contribution >= 4 is 17.7 Å². The van der Waals surface area contributed by atoms with Crippen LogP contribution in [0.5, 0.6) is 5.75 Å². The molecule has 3 amide bonds. The Morgan fingerprint density at radius 3 is 2.42 bits per heavy atom. The van der Waals surface area contributed by atoms with Crippen molar-refractivity contribution in [3.8, 4) is 5.75 Å². The van der Waals surface area contributed by atoms with E-state index in [1.807, 2.05) is 61.5 Å². The largest absolute Gasteiger partial charge is 0.508 e. The molecule has 0 radical (unpaired) electrons. The van der Waals surface area contributed by atoms with Gasteiger partial charge in [0.15, 0.2) is 6.10 Å². The molecule has 0 aromatic heterocycles. The minimum absolute atomic E-state index is 0.0355. The molecule has 9 heteroatoms. The monoisotopic (exact) mass is 545 g/mol. The summed E-state index contributed by atoms with van der Waals surface area (Å²) in [5, 5.41) is 27.0. The number of aryl methyl sites for hydroxylation is 1. The number of phenolic OH excluding ortho intramolecular Hbond substituents is 1. The molecule has 1 aliphatic rings. The van der Waals surface area contributed by atoms with Gasteiger partial charge in [-0.05, 0) is 56.0 Å². The first kappa shape index (κ1) is 28.8. The number of nitrogens with one attached hydrogen (secondary N) is 2. The zero-order valence-corrected chi connectivity index (χ0v) is 22.8. The van der Waals surface area contributed by atoms with Crippen molar-refractivity contribution in [2.24, 2.45) is 0 Å². The van der Waals surface area contributed by atoms with Gasteiger partial charge in [-0.1, -0.05) is 60.7 Å². The molecule has 40 heavy (non-hydrogen) atoms. The highest BCUT2D eigenvalue weighted by molar-refractivity contribution is 5.97. The molecule has 0 saturated carbocycles. The fourth-order valence-electron chi connectivity index (χ4n) is 4.84. The number of amides is 3. The van der Waals surface area contributed by atoms with Crippen molar-refractivity contribution in [1.29, 1.82) is 0 Å². The maximum absolute atomic E-state index is 13.6. The van der Waals surface area contributed by atoms with Gasteiger partial charge in [0.1, 0.15) is 18.5 Å². The van der Waals surface area contributed by atoms with Gasteiger partial charge in [0.05, 0.1) is 12.1 Å². The van der Waals surface area contributed by atoms with Gasteiger partial charge in [-0.3, -0.25) is 14.4 Å². The Hall–Kier alpha value is -4.21. The number of hydrogen-bond acceptors (Lipinski definition) is 6. The molecule has 1 heterocycles. The molecule has 210 valence electrons. The van der Waals surface area contributed by atoms with E-state index in [2.05, 4.69) is 10.6 Å². The third-order valence-corrected chi connectivity index (χ3v) is 7.32. The predicted octanol–water partition coefficient (Wildman–Crippen LogP) is 2.60. The topological polar surface area (TPSA) is 128 Å². The summed E-state index contributed by atoms with van der Waals surface area (Å²) < 4.78 is 5.64. The Balaban J connectivity index is 1.53. The molecular formula is C31H35N3O6. The van der Waals surface area contributed by atoms with Gasteiger partial charge in [0.25, 0.3) is 11.8 Å². The number of phenols is 1. The molecular weight excluding hydrogens is 510 g/mol. The van der Waals surface area contributed by atoms with Crippen molar-refractivity contribution in [1.82, 2.24) is 15.5 Å². The third kappa shape index (κ3) is 6.50. The lowest BCUT2D eigenvalue weighted by atomic mass is 9.98. The highest BCUT2D eigenvalue weighted by Gasteiger charge is 2.44. The number of aliphatic hydroxyl groups excluding tert-OH is 1. The van der Waals surface area contributed by atoms with Gasteiger partial charge >= 0.3 is 0 Å². The van der Waals surface area contributed by atoms with Crippen molar-refractivity contribution in [3.63, 3.8) is 0 Å². The van der Waals surface area contributed by atoms with Crippen molar-refractivity contribution in [3.05, 3.63) is 101 Å². The van der Waals surface area contributed by atoms with E-state index >= 15 is 0 Å². The van der Waals surface area contributed by atoms with Gasteiger partial charge in [-0.25, -0.2) is 0 Å². The van der Waals surface area contributed by atoms with Crippen molar-refractivity contribution < 1.29 is 29.3 Å². The Morgan fingerprint density at radius 1 is 1.00 bits per heavy atom. The van der Waals surface area contributed by atoms with E-state index in [0.717, 1.165) is 16.7 Å². The lowest BCUT2D eigenvalue weighted by molar-refractivity contribution is -0.147. The van der Waals surface area contributed by atoms with Crippen LogP contribution in [0.1, 0.15) is 39.5 Å². The standard InChI is InChI=1S/C31H35N3O6/c1-19-10-7-8-13-23(19)17-32-30(38)27-21(3)40-18-34(27)31(39)28(36)25(16-22-11-5-4-6-12-22)33-29(37)24-14-9-15-26(35)20(24)2/h4-15,21,25,27-28,35-36H,16-18H2,1-3H3,(H,32,38)(H,33,37)/t21-,25?,27+,28+/m1/s1. The summed E-state index contributed by atoms with van der Waals surface area (Å²) in [6.07, 6.45) is -2.10. The molecule has 0 aliphatic carbocycles. The summed E-state index contributed by atoms with van der Waals surface area (Å²) in [6.45, 7) is 5.38. The van der Waals surface area contributed by atoms with Gasteiger partial charge in [0.2, 0.25) is 5.91 Å². The summed E-state index contributed by atoms with van der Waals surface area (Å²) >= 11 is 0. The van der Waals surface area contributed by atoms with Gasteiger partial charge in [-0.2, -0.15) is 0 Å². The first-order chi connectivity index (χ1) is 19.2. The van der Waals surface area contributed by atoms with Crippen LogP contribution >= 0.6 is 0 Å². The zero-order chi connectivity index (χ0) is 28.8. The highest BCUT2D eigenvalue weighted by atomic mass is 16.5. The lowest BCUT2D eigenvalue weighted by Gasteiger charge is -2.30. The summed E-state index contributed by atoms with van der Waals surface area (Å²) in [5.74, 6) is -1.70. The Bertz CT molecular complexity index is 1360. The Morgan fingerprint density at radius 2 is 1.70 bits per heavy atom. The molecule has 1 saturated heterocycles. The van der Waals surface area contributed by atoms with Crippen LogP contribution in [0.2, 0.25) is 0 Å². The average Bonchev–Trinajstić information content (AvgIpc) is 3.34. The second kappa shape index (κ2) is 12.8. The second-order valence-corrected chi connectivity index (χ2v) is 10.1. The molecule has 1 unspecified atom stereocenters. The molecule has 3 aromatic carbocycles. The fraction of sp³-hybridized carbons (Fsp3) is 0.323. The first-order valence-electron chi connectivity index (χ1n) is 13.2. The maximum atomic E-state index is 13.6. The predicted molar refractivity (Wildman–Crippen MR) is 149 cm³/mol. The Kier molecular flexibility index (Phi) is 9.19. The lowest BCUT2D eigenvalue weighted by Crippen LogP contribution is -2.57. The van der Waals surface area contributed by atoms with Crippen LogP contribution in [0.15, 0.2) is 72.8 Å². The normalized spacial score (nSPS) is 18.1. The molecule has 3 aromatic rings. The zero-order valence-electron chi connectivity index (χ0n) is 22.8. The van der Waals surface area contributed by atoms with E-state index in [1.165, 1.54) is 11.0 Å². The van der Waals surface area contributed by atoms with E-state index in [0.29, 0.717) is 5.56 Å². The van der Waals surface area contributed by atoms with Crippen LogP contribution in [-0.4, -0.2) is 63.9 Å². The van der Waals surface area contributed by atoms with Gasteiger partial charge < -0.3 is 30.5 Å². The summed E-state index contributed by atoms with van der Waals surface area (Å²) in [4.78, 5) is 41.2. The minimum atomic E-state index is -1.66. The van der Waals surface area contributed by atoms with E-state index in [1.54, 1.807) is 26.0 Å². The molecule has 1 aliphatic heterocycles. The van der Waals surface area contributed by atoms with Crippen LogP contribution < -0.4 is 10.6 Å². The molecule has 4 N–H and O–H groups in total. The average molecular weight is 546 g/mol. The van der Waals surface area contributed by atoms with Crippen LogP contribution in [0.3, 0.4) is 0 Å². The number of benzene rings is 3. The van der Waals surface area contributed by atoms with Crippen LogP contribution in [0.25, 0.3) is 0 Å². The van der Waals surface area contributed by atoms with E-state index in [-0.39, 0.29) is 31.0 Å². The van der Waals surface area contributed by atoms with Crippen LogP contribution in [-0.2, 0) is 27.3 Å². The molecule has 4 atom stereocenters. The summed E-state index contributed by atoms with van der Waals surface area (Å²) in [7, 11) is 0. The molecule has 0 spiro atoms. The number of hydrogen-bond donors (Lipinski definition) is 4. The summed E-state index contributed by atoms with van der Waals surface area (Å²) in [5.41, 5.74) is 3.39. The number of ether oxygens (including phenoxy) is 1. The highest BCUT2D eigenvalue weighted by Crippen LogP contribution is 2.22. The van der Waals surface area contributed by atoms with Crippen LogP contribution in [0.4, 0.5) is 0 Å². The fourth-order valence-corrected chi connectivity index (χ4v) is 4.84. The second-order valence-electron chi connectivity index (χ2n) is 10.1. The third-order valence-electron chi connectivity index (χ3n) is 7.32. The van der Waals surface area contributed by atoms with Crippen LogP contribution in [0, 0.1) is 13.8 Å². The minimum Gasteiger partial charge on any atom is -0.508 e. The number of carbonyl (C=O) groups excluding carboxylic acids is 3. The first-order valence-corrected chi connectivity index (χ1v) is 13.2. The van der Waals surface area contributed by atoms with E-state index < -0.39 is 42.0 Å². The van der Waals surface area contributed by atoms with Gasteiger partial charge in [-0.15, -0.1) is 0 Å². The summed E-state index contributed by atoms with van der Waals surface area (Å²) in [6, 6.07) is 19.5. The number of aliphatic hydroxyl groups is 1. The number of rotatable bonds is 9.